The van der Waals surface area contributed by atoms with Gasteiger partial charge in [0, 0.05) is 21.3 Å². The summed E-state index contributed by atoms with van der Waals surface area (Å²) in [6.45, 7) is 22.8. The second-order valence-electron chi connectivity index (χ2n) is 29.9. The van der Waals surface area contributed by atoms with Crippen LogP contribution in [-0.2, 0) is 14.2 Å². The molecule has 12 rings (SSSR count). The third-order valence-corrected chi connectivity index (χ3v) is 28.0. The molecular formula is C63H108O6. The third-order valence-electron chi connectivity index (χ3n) is 28.0. The van der Waals surface area contributed by atoms with Crippen molar-refractivity contribution in [3.8, 4) is 0 Å². The Balaban J connectivity index is 0.000000120. The summed E-state index contributed by atoms with van der Waals surface area (Å²) in [5, 5.41) is 30.5. The molecule has 0 spiro atoms. The SMILES string of the molecule is CO[C@@H]1C[C@]2(C)[C@@H](C)CC[C@H]2[C@@H]2CC[C@H]3C[C@H](O)CC[C@]3(C)[C@H]21.CO[C@H]1C[C@]2(C)[C@@H](C)CC[C@H]2[C@@H]2CC[C@@H]3C[C@H](O)CC[C@]3(C)[C@H]21.CO[C@H]1C[C@]2(C)[C@@H](C)CC[C@H]2[C@@H]2CC[C@H]3C[C@H](O)CC[C@]3(C)[C@H]21. The van der Waals surface area contributed by atoms with Gasteiger partial charge in [0.25, 0.3) is 0 Å². The molecule has 0 radical (unpaired) electrons. The molecule has 0 aliphatic heterocycles. The summed E-state index contributed by atoms with van der Waals surface area (Å²) in [6, 6.07) is 0. The highest BCUT2D eigenvalue weighted by Gasteiger charge is 2.66. The molecule has 12 aliphatic rings. The summed E-state index contributed by atoms with van der Waals surface area (Å²) < 4.78 is 18.5. The second kappa shape index (κ2) is 19.1. The number of aliphatic hydroxyl groups excluding tert-OH is 3. The van der Waals surface area contributed by atoms with Crippen molar-refractivity contribution in [2.75, 3.05) is 21.3 Å². The first kappa shape index (κ1) is 52.2. The lowest BCUT2D eigenvalue weighted by Crippen LogP contribution is -2.59. The Morgan fingerprint density at radius 2 is 0.594 bits per heavy atom. The molecule has 0 bridgehead atoms. The summed E-state index contributed by atoms with van der Waals surface area (Å²) in [5.74, 6) is 12.2. The minimum absolute atomic E-state index is 0.0500. The number of hydrogen-bond acceptors (Lipinski definition) is 6. The van der Waals surface area contributed by atoms with E-state index in [9.17, 15) is 15.3 Å². The van der Waals surface area contributed by atoms with Gasteiger partial charge in [0.15, 0.2) is 0 Å². The van der Waals surface area contributed by atoms with Gasteiger partial charge in [0.2, 0.25) is 0 Å². The Morgan fingerprint density at radius 1 is 0.333 bits per heavy atom. The molecule has 12 saturated carbocycles. The molecule has 396 valence electrons. The van der Waals surface area contributed by atoms with Crippen LogP contribution in [0.1, 0.15) is 216 Å². The van der Waals surface area contributed by atoms with Crippen LogP contribution < -0.4 is 0 Å². The van der Waals surface area contributed by atoms with E-state index in [0.29, 0.717) is 68.6 Å². The van der Waals surface area contributed by atoms with Crippen LogP contribution in [-0.4, -0.2) is 73.3 Å². The topological polar surface area (TPSA) is 88.4 Å². The lowest BCUT2D eigenvalue weighted by atomic mass is 9.44. The van der Waals surface area contributed by atoms with Gasteiger partial charge in [-0.2, -0.15) is 0 Å². The van der Waals surface area contributed by atoms with Crippen molar-refractivity contribution in [2.45, 2.75) is 253 Å². The van der Waals surface area contributed by atoms with Crippen molar-refractivity contribution in [1.29, 1.82) is 0 Å². The quantitative estimate of drug-likeness (QED) is 0.261. The van der Waals surface area contributed by atoms with E-state index in [-0.39, 0.29) is 18.3 Å². The van der Waals surface area contributed by atoms with E-state index in [2.05, 4.69) is 62.3 Å². The average Bonchev–Trinajstić information content (AvgIpc) is 3.92. The number of methoxy groups -OCH3 is 3. The molecule has 0 aromatic carbocycles. The molecule has 6 heteroatoms. The third kappa shape index (κ3) is 8.22. The first-order chi connectivity index (χ1) is 32.7. The fourth-order valence-corrected chi connectivity index (χ4v) is 23.4. The minimum atomic E-state index is -0.0500. The standard InChI is InChI=1S/3C21H36O2/c3*1-13-5-8-17-16-7-6-14-11-15(22)9-10-20(14,2)19(16)18(23-4)12-21(13,17)3/h3*13-19,22H,5-12H2,1-4H3/t13-,14+,15+,16-,17-,18-,19+,20-,21+;13-,14-,15+,16-,17-,18+,19+,20-,21+;13-,14-,15+,16-,17-,18-,19+,20-,21+/m000/s1. The monoisotopic (exact) mass is 961 g/mol. The Bertz CT molecular complexity index is 1590. The van der Waals surface area contributed by atoms with Crippen LogP contribution in [0.25, 0.3) is 0 Å². The van der Waals surface area contributed by atoms with Gasteiger partial charge in [-0.15, -0.1) is 0 Å². The van der Waals surface area contributed by atoms with Crippen molar-refractivity contribution in [1.82, 2.24) is 0 Å². The molecule has 3 N–H and O–H groups in total. The molecule has 27 atom stereocenters. The van der Waals surface area contributed by atoms with Crippen LogP contribution in [0.3, 0.4) is 0 Å². The Hall–Kier alpha value is -0.240. The molecule has 69 heavy (non-hydrogen) atoms. The Kier molecular flexibility index (Phi) is 14.4. The van der Waals surface area contributed by atoms with Gasteiger partial charge in [-0.3, -0.25) is 0 Å². The average molecular weight is 962 g/mol. The van der Waals surface area contributed by atoms with Crippen LogP contribution in [0, 0.1) is 121 Å². The maximum atomic E-state index is 10.2. The fourth-order valence-electron chi connectivity index (χ4n) is 23.4. The first-order valence-corrected chi connectivity index (χ1v) is 30.3. The smallest absolute Gasteiger partial charge is 0.0612 e. The molecule has 0 aromatic heterocycles. The fraction of sp³-hybridized carbons (Fsp3) is 1.00. The highest BCUT2D eigenvalue weighted by molar-refractivity contribution is 5.15. The van der Waals surface area contributed by atoms with Gasteiger partial charge >= 0.3 is 0 Å². The van der Waals surface area contributed by atoms with E-state index in [1.807, 2.05) is 21.3 Å². The maximum Gasteiger partial charge on any atom is 0.0612 e. The minimum Gasteiger partial charge on any atom is -0.393 e. The van der Waals surface area contributed by atoms with E-state index < -0.39 is 0 Å². The van der Waals surface area contributed by atoms with Crippen molar-refractivity contribution >= 4 is 0 Å². The summed E-state index contributed by atoms with van der Waals surface area (Å²) in [6.07, 6.45) is 31.4. The van der Waals surface area contributed by atoms with Crippen molar-refractivity contribution in [3.63, 3.8) is 0 Å². The lowest BCUT2D eigenvalue weighted by Gasteiger charge is -2.63. The summed E-state index contributed by atoms with van der Waals surface area (Å²) >= 11 is 0. The molecule has 12 fully saturated rings. The Morgan fingerprint density at radius 3 is 0.841 bits per heavy atom. The number of rotatable bonds is 3. The predicted octanol–water partition coefficient (Wildman–Crippen LogP) is 14.0. The zero-order valence-corrected chi connectivity index (χ0v) is 46.7. The van der Waals surface area contributed by atoms with Gasteiger partial charge in [0.1, 0.15) is 0 Å². The number of hydrogen-bond donors (Lipinski definition) is 3. The maximum absolute atomic E-state index is 10.2. The highest BCUT2D eigenvalue weighted by atomic mass is 16.5. The van der Waals surface area contributed by atoms with E-state index in [1.165, 1.54) is 116 Å². The molecule has 0 amide bonds. The van der Waals surface area contributed by atoms with Gasteiger partial charge in [0.05, 0.1) is 36.6 Å². The van der Waals surface area contributed by atoms with Crippen LogP contribution in [0.2, 0.25) is 0 Å². The zero-order chi connectivity index (χ0) is 49.2. The van der Waals surface area contributed by atoms with Crippen molar-refractivity contribution in [3.05, 3.63) is 0 Å². The first-order valence-electron chi connectivity index (χ1n) is 30.3. The zero-order valence-electron chi connectivity index (χ0n) is 46.7. The van der Waals surface area contributed by atoms with Crippen LogP contribution >= 0.6 is 0 Å². The van der Waals surface area contributed by atoms with Crippen LogP contribution in [0.15, 0.2) is 0 Å². The molecule has 12 aliphatic carbocycles. The molecule has 0 saturated heterocycles. The van der Waals surface area contributed by atoms with Crippen molar-refractivity contribution < 1.29 is 29.5 Å². The molecule has 6 nitrogen and oxygen atoms in total. The normalized spacial score (nSPS) is 59.1. The van der Waals surface area contributed by atoms with Gasteiger partial charge in [-0.1, -0.05) is 62.3 Å². The van der Waals surface area contributed by atoms with Crippen LogP contribution in [0.4, 0.5) is 0 Å². The molecule has 0 aromatic rings. The molecule has 0 heterocycles. The van der Waals surface area contributed by atoms with E-state index >= 15 is 0 Å². The number of ether oxygens (including phenoxy) is 3. The predicted molar refractivity (Wildman–Crippen MR) is 279 cm³/mol. The molecular weight excluding hydrogens is 853 g/mol. The second-order valence-corrected chi connectivity index (χ2v) is 29.9. The molecule has 0 unspecified atom stereocenters. The highest BCUT2D eigenvalue weighted by Crippen LogP contribution is 2.71. The summed E-state index contributed by atoms with van der Waals surface area (Å²) in [4.78, 5) is 0. The number of aliphatic hydroxyl groups is 3. The van der Waals surface area contributed by atoms with Gasteiger partial charge in [-0.25, -0.2) is 0 Å². The summed E-state index contributed by atoms with van der Waals surface area (Å²) in [5.41, 5.74) is 2.69. The van der Waals surface area contributed by atoms with Gasteiger partial charge < -0.3 is 29.5 Å². The lowest BCUT2D eigenvalue weighted by molar-refractivity contribution is -0.184. The Labute approximate surface area is 423 Å². The van der Waals surface area contributed by atoms with Crippen LogP contribution in [0.5, 0.6) is 0 Å². The largest absolute Gasteiger partial charge is 0.393 e. The van der Waals surface area contributed by atoms with E-state index in [4.69, 9.17) is 14.2 Å². The number of fused-ring (bicyclic) bond motifs is 15. The van der Waals surface area contributed by atoms with E-state index in [0.717, 1.165) is 110 Å². The van der Waals surface area contributed by atoms with Gasteiger partial charge in [-0.05, 0) is 275 Å². The summed E-state index contributed by atoms with van der Waals surface area (Å²) in [7, 11) is 5.86. The van der Waals surface area contributed by atoms with E-state index in [1.54, 1.807) is 0 Å². The van der Waals surface area contributed by atoms with Crippen molar-refractivity contribution in [2.24, 2.45) is 121 Å².